The number of aliphatic hydroxyl groups excluding tert-OH is 4. The summed E-state index contributed by atoms with van der Waals surface area (Å²) in [6, 6.07) is 0. The monoisotopic (exact) mass is 745 g/mol. The van der Waals surface area contributed by atoms with Crippen LogP contribution in [0.3, 0.4) is 0 Å². The molecule has 9 atom stereocenters. The van der Waals surface area contributed by atoms with Crippen molar-refractivity contribution in [2.24, 2.45) is 23.7 Å². The predicted molar refractivity (Wildman–Crippen MR) is 208 cm³/mol. The fourth-order valence-corrected chi connectivity index (χ4v) is 7.42. The van der Waals surface area contributed by atoms with Crippen LogP contribution in [0.25, 0.3) is 0 Å². The number of hydrogen-bond acceptors (Lipinski definition) is 8. The van der Waals surface area contributed by atoms with Crippen LogP contribution in [0.15, 0.2) is 34.9 Å². The second-order valence-electron chi connectivity index (χ2n) is 16.2. The zero-order valence-electron chi connectivity index (χ0n) is 33.5. The van der Waals surface area contributed by atoms with E-state index in [1.807, 2.05) is 6.92 Å². The number of phosphoric acid groups is 1. The highest BCUT2D eigenvalue weighted by atomic mass is 31.2. The number of aliphatic hydroxyl groups is 4. The molecule has 1 aliphatic rings. The molecule has 10 heteroatoms. The average Bonchev–Trinajstić information content (AvgIpc) is 3.04. The van der Waals surface area contributed by atoms with Gasteiger partial charge in [0.25, 0.3) is 0 Å². The molecule has 1 aliphatic heterocycles. The number of hydrogen-bond donors (Lipinski definition) is 5. The number of phosphoric ester groups is 1. The summed E-state index contributed by atoms with van der Waals surface area (Å²) in [5.41, 5.74) is 3.81. The predicted octanol–water partition coefficient (Wildman–Crippen LogP) is 9.56. The van der Waals surface area contributed by atoms with E-state index in [1.165, 1.54) is 88.2 Å². The van der Waals surface area contributed by atoms with E-state index in [0.717, 1.165) is 54.9 Å². The first-order chi connectivity index (χ1) is 24.0. The van der Waals surface area contributed by atoms with Crippen LogP contribution in [0.4, 0.5) is 0 Å². The highest BCUT2D eigenvalue weighted by molar-refractivity contribution is 7.47. The summed E-state index contributed by atoms with van der Waals surface area (Å²) in [5, 5.41) is 38.9. The summed E-state index contributed by atoms with van der Waals surface area (Å²) in [6.45, 7) is 17.4. The van der Waals surface area contributed by atoms with Gasteiger partial charge in [-0.05, 0) is 83.0 Å². The molecular weight excluding hydrogens is 667 g/mol. The SMILES string of the molecule is C/C(=C/CC/C(C)=C\COP(=O)(O)O[C@@H]1O[C@H](CO)[C@@H](O)[C@H](O)[C@@H]1O)CC/C=C(/C)CCCC(C)CCCC(C)CCCC(C)CCCC(C)C. The normalized spacial score (nSPS) is 25.2. The molecule has 1 fully saturated rings. The van der Waals surface area contributed by atoms with Gasteiger partial charge >= 0.3 is 7.82 Å². The van der Waals surface area contributed by atoms with Gasteiger partial charge in [0.15, 0.2) is 6.29 Å². The molecule has 9 nitrogen and oxygen atoms in total. The second-order valence-corrected chi connectivity index (χ2v) is 17.6. The lowest BCUT2D eigenvalue weighted by Crippen LogP contribution is -2.58. The highest BCUT2D eigenvalue weighted by Gasteiger charge is 2.46. The zero-order chi connectivity index (χ0) is 38.4. The first-order valence-corrected chi connectivity index (χ1v) is 21.5. The maximum Gasteiger partial charge on any atom is 0.474 e. The molecule has 0 bridgehead atoms. The van der Waals surface area contributed by atoms with Crippen LogP contribution in [-0.4, -0.2) is 69.2 Å². The Hall–Kier alpha value is -0.870. The summed E-state index contributed by atoms with van der Waals surface area (Å²) in [4.78, 5) is 10.0. The van der Waals surface area contributed by atoms with Crippen molar-refractivity contribution in [3.63, 3.8) is 0 Å². The van der Waals surface area contributed by atoms with Gasteiger partial charge in [-0.15, -0.1) is 0 Å². The van der Waals surface area contributed by atoms with Crippen molar-refractivity contribution in [2.45, 2.75) is 189 Å². The highest BCUT2D eigenvalue weighted by Crippen LogP contribution is 2.46. The van der Waals surface area contributed by atoms with Crippen molar-refractivity contribution in [3.8, 4) is 0 Å². The van der Waals surface area contributed by atoms with Crippen LogP contribution in [0.1, 0.15) is 158 Å². The van der Waals surface area contributed by atoms with Crippen molar-refractivity contribution < 1.29 is 43.7 Å². The number of allylic oxidation sites excluding steroid dienone is 5. The molecule has 0 aromatic heterocycles. The first-order valence-electron chi connectivity index (χ1n) is 20.0. The van der Waals surface area contributed by atoms with Crippen molar-refractivity contribution >= 4 is 7.82 Å². The van der Waals surface area contributed by atoms with Gasteiger partial charge in [-0.1, -0.05) is 134 Å². The van der Waals surface area contributed by atoms with Gasteiger partial charge in [-0.3, -0.25) is 9.05 Å². The third-order valence-corrected chi connectivity index (χ3v) is 11.3. The number of rotatable bonds is 28. The second kappa shape index (κ2) is 26.8. The lowest BCUT2D eigenvalue weighted by Gasteiger charge is -2.39. The summed E-state index contributed by atoms with van der Waals surface area (Å²) >= 11 is 0. The van der Waals surface area contributed by atoms with Crippen LogP contribution in [-0.2, 0) is 18.3 Å². The Morgan fingerprint density at radius 1 is 0.667 bits per heavy atom. The molecule has 51 heavy (non-hydrogen) atoms. The summed E-state index contributed by atoms with van der Waals surface area (Å²) in [5.74, 6) is 3.38. The van der Waals surface area contributed by atoms with Crippen LogP contribution >= 0.6 is 7.82 Å². The minimum atomic E-state index is -4.65. The minimum Gasteiger partial charge on any atom is -0.394 e. The summed E-state index contributed by atoms with van der Waals surface area (Å²) in [6.07, 6.45) is 18.1. The van der Waals surface area contributed by atoms with Gasteiger partial charge in [0.05, 0.1) is 13.2 Å². The van der Waals surface area contributed by atoms with E-state index in [-0.39, 0.29) is 6.61 Å². The van der Waals surface area contributed by atoms with E-state index in [0.29, 0.717) is 0 Å². The van der Waals surface area contributed by atoms with E-state index in [2.05, 4.69) is 60.6 Å². The molecule has 0 aliphatic carbocycles. The maximum absolute atomic E-state index is 12.3. The molecule has 4 unspecified atom stereocenters. The zero-order valence-corrected chi connectivity index (χ0v) is 34.4. The van der Waals surface area contributed by atoms with Gasteiger partial charge in [-0.2, -0.15) is 0 Å². The molecule has 1 rings (SSSR count). The fourth-order valence-electron chi connectivity index (χ4n) is 6.66. The summed E-state index contributed by atoms with van der Waals surface area (Å²) < 4.78 is 27.3. The Morgan fingerprint density at radius 2 is 1.12 bits per heavy atom. The standard InChI is InChI=1S/C41H77O9P/c1-30(2)15-9-16-31(3)17-10-18-32(4)19-11-20-33(5)21-12-22-34(6)23-13-24-35(7)25-14-26-36(8)27-28-48-51(46,47)50-41-40(45)39(44)38(43)37(29-42)49-41/h23,25,27,30-33,37-45H,9-22,24,26,28-29H2,1-8H3,(H,46,47)/b34-23-,35-25-,36-27-/t31?,32?,33?,37-,38-,39+,40+,41+/m1/s1. The summed E-state index contributed by atoms with van der Waals surface area (Å²) in [7, 11) is -4.65. The van der Waals surface area contributed by atoms with Gasteiger partial charge in [0.1, 0.15) is 24.4 Å². The van der Waals surface area contributed by atoms with Gasteiger partial charge in [0, 0.05) is 0 Å². The Kier molecular flexibility index (Phi) is 25.3. The Labute approximate surface area is 311 Å². The first kappa shape index (κ1) is 48.1. The van der Waals surface area contributed by atoms with Crippen molar-refractivity contribution in [1.29, 1.82) is 0 Å². The van der Waals surface area contributed by atoms with Crippen molar-refractivity contribution in [3.05, 3.63) is 34.9 Å². The lowest BCUT2D eigenvalue weighted by atomic mass is 9.90. The molecule has 0 saturated carbocycles. The van der Waals surface area contributed by atoms with E-state index in [1.54, 1.807) is 6.08 Å². The molecule has 1 saturated heterocycles. The molecule has 5 N–H and O–H groups in total. The van der Waals surface area contributed by atoms with E-state index < -0.39 is 45.1 Å². The Morgan fingerprint density at radius 3 is 1.61 bits per heavy atom. The van der Waals surface area contributed by atoms with Gasteiger partial charge in [0.2, 0.25) is 0 Å². The van der Waals surface area contributed by atoms with Gasteiger partial charge < -0.3 is 30.1 Å². The van der Waals surface area contributed by atoms with Crippen molar-refractivity contribution in [1.82, 2.24) is 0 Å². The fraction of sp³-hybridized carbons (Fsp3) is 0.854. The average molecular weight is 745 g/mol. The van der Waals surface area contributed by atoms with E-state index in [9.17, 15) is 29.9 Å². The third kappa shape index (κ3) is 22.8. The maximum atomic E-state index is 12.3. The molecule has 1 heterocycles. The smallest absolute Gasteiger partial charge is 0.394 e. The van der Waals surface area contributed by atoms with Crippen molar-refractivity contribution in [2.75, 3.05) is 13.2 Å². The minimum absolute atomic E-state index is 0.194. The third-order valence-electron chi connectivity index (χ3n) is 10.4. The van der Waals surface area contributed by atoms with Gasteiger partial charge in [-0.25, -0.2) is 4.57 Å². The molecule has 0 radical (unpaired) electrons. The van der Waals surface area contributed by atoms with Crippen LogP contribution in [0.5, 0.6) is 0 Å². The topological polar surface area (TPSA) is 146 Å². The quantitative estimate of drug-likeness (QED) is 0.0391. The van der Waals surface area contributed by atoms with E-state index in [4.69, 9.17) is 13.8 Å². The van der Waals surface area contributed by atoms with Crippen LogP contribution < -0.4 is 0 Å². The molecule has 0 aromatic carbocycles. The molecule has 0 amide bonds. The molecule has 300 valence electrons. The molecule has 0 aromatic rings. The molecule has 0 spiro atoms. The van der Waals surface area contributed by atoms with Crippen LogP contribution in [0, 0.1) is 23.7 Å². The Bertz CT molecular complexity index is 1060. The number of ether oxygens (including phenoxy) is 1. The molecular formula is C41H77O9P. The largest absolute Gasteiger partial charge is 0.474 e. The van der Waals surface area contributed by atoms with E-state index >= 15 is 0 Å². The Balaban J connectivity index is 2.20. The lowest BCUT2D eigenvalue weighted by molar-refractivity contribution is -0.281. The van der Waals surface area contributed by atoms with Crippen LogP contribution in [0.2, 0.25) is 0 Å².